The summed E-state index contributed by atoms with van der Waals surface area (Å²) in [6.45, 7) is 5.57. The van der Waals surface area contributed by atoms with Gasteiger partial charge in [-0.15, -0.1) is 0 Å². The van der Waals surface area contributed by atoms with E-state index in [1.807, 2.05) is 32.9 Å². The van der Waals surface area contributed by atoms with E-state index in [1.165, 1.54) is 5.06 Å². The summed E-state index contributed by atoms with van der Waals surface area (Å²) in [5.74, 6) is 0. The van der Waals surface area contributed by atoms with Gasteiger partial charge in [-0.1, -0.05) is 12.2 Å². The van der Waals surface area contributed by atoms with Crippen LogP contribution in [0.3, 0.4) is 0 Å². The van der Waals surface area contributed by atoms with Crippen molar-refractivity contribution in [2.45, 2.75) is 57.8 Å². The van der Waals surface area contributed by atoms with Crippen molar-refractivity contribution < 1.29 is 14.4 Å². The van der Waals surface area contributed by atoms with E-state index in [2.05, 4.69) is 0 Å². The molecule has 1 amide bonds. The van der Waals surface area contributed by atoms with Crippen LogP contribution >= 0.6 is 0 Å². The molecule has 0 radical (unpaired) electrons. The predicted octanol–water partition coefficient (Wildman–Crippen LogP) is 2.65. The van der Waals surface area contributed by atoms with Crippen LogP contribution in [-0.2, 0) is 9.57 Å². The van der Waals surface area contributed by atoms with Crippen molar-refractivity contribution in [2.24, 2.45) is 0 Å². The molecule has 90 valence electrons. The highest BCUT2D eigenvalue weighted by Crippen LogP contribution is 2.27. The smallest absolute Gasteiger partial charge is 0.435 e. The minimum Gasteiger partial charge on any atom is -0.442 e. The molecular weight excluding hydrogens is 206 g/mol. The third kappa shape index (κ3) is 2.55. The maximum Gasteiger partial charge on any atom is 0.435 e. The van der Waals surface area contributed by atoms with Gasteiger partial charge in [0.1, 0.15) is 11.7 Å². The molecule has 3 rings (SSSR count). The van der Waals surface area contributed by atoms with Gasteiger partial charge in [0.15, 0.2) is 0 Å². The molecule has 1 saturated heterocycles. The van der Waals surface area contributed by atoms with Gasteiger partial charge in [-0.05, 0) is 40.0 Å². The summed E-state index contributed by atoms with van der Waals surface area (Å²) in [6, 6.07) is 0.0357. The molecule has 16 heavy (non-hydrogen) atoms. The van der Waals surface area contributed by atoms with Gasteiger partial charge in [0.25, 0.3) is 0 Å². The molecule has 0 N–H and O–H groups in total. The summed E-state index contributed by atoms with van der Waals surface area (Å²) in [5.41, 5.74) is -0.476. The van der Waals surface area contributed by atoms with Gasteiger partial charge < -0.3 is 4.74 Å². The van der Waals surface area contributed by atoms with Gasteiger partial charge >= 0.3 is 6.09 Å². The zero-order chi connectivity index (χ0) is 11.8. The van der Waals surface area contributed by atoms with Crippen molar-refractivity contribution in [1.29, 1.82) is 0 Å². The monoisotopic (exact) mass is 225 g/mol. The van der Waals surface area contributed by atoms with Crippen molar-refractivity contribution in [3.63, 3.8) is 0 Å². The highest BCUT2D eigenvalue weighted by molar-refractivity contribution is 5.67. The molecular formula is C12H19NO3. The van der Waals surface area contributed by atoms with Crippen LogP contribution < -0.4 is 0 Å². The van der Waals surface area contributed by atoms with Crippen LogP contribution in [0, 0.1) is 0 Å². The van der Waals surface area contributed by atoms with Crippen molar-refractivity contribution in [2.75, 3.05) is 0 Å². The second-order valence-electron chi connectivity index (χ2n) is 5.33. The van der Waals surface area contributed by atoms with Crippen LogP contribution in [0.25, 0.3) is 0 Å². The van der Waals surface area contributed by atoms with E-state index in [1.54, 1.807) is 0 Å². The molecule has 0 aromatic rings. The first-order valence-corrected chi connectivity index (χ1v) is 5.83. The van der Waals surface area contributed by atoms with Crippen molar-refractivity contribution in [3.8, 4) is 0 Å². The van der Waals surface area contributed by atoms with Crippen molar-refractivity contribution in [3.05, 3.63) is 12.2 Å². The van der Waals surface area contributed by atoms with Crippen molar-refractivity contribution in [1.82, 2.24) is 5.06 Å². The second-order valence-corrected chi connectivity index (χ2v) is 5.33. The number of hydrogen-bond acceptors (Lipinski definition) is 3. The Morgan fingerprint density at radius 1 is 1.38 bits per heavy atom. The lowest BCUT2D eigenvalue weighted by molar-refractivity contribution is -0.183. The van der Waals surface area contributed by atoms with Gasteiger partial charge in [-0.3, -0.25) is 4.84 Å². The Labute approximate surface area is 96.2 Å². The zero-order valence-corrected chi connectivity index (χ0v) is 10.1. The summed E-state index contributed by atoms with van der Waals surface area (Å²) < 4.78 is 5.31. The fourth-order valence-corrected chi connectivity index (χ4v) is 1.97. The number of carbonyl (C=O) groups excluding carboxylic acids is 1. The third-order valence-corrected chi connectivity index (χ3v) is 2.66. The number of fused-ring (bicyclic) bond motifs is 3. The number of amides is 1. The van der Waals surface area contributed by atoms with Crippen LogP contribution in [0.5, 0.6) is 0 Å². The van der Waals surface area contributed by atoms with Gasteiger partial charge in [0.05, 0.1) is 6.04 Å². The Morgan fingerprint density at radius 2 is 2.12 bits per heavy atom. The normalized spacial score (nSPS) is 29.1. The molecule has 0 aromatic heterocycles. The molecule has 2 atom stereocenters. The zero-order valence-electron chi connectivity index (χ0n) is 10.1. The van der Waals surface area contributed by atoms with E-state index >= 15 is 0 Å². The Morgan fingerprint density at radius 3 is 2.81 bits per heavy atom. The largest absolute Gasteiger partial charge is 0.442 e. The molecule has 0 spiro atoms. The average Bonchev–Trinajstić information content (AvgIpc) is 2.48. The van der Waals surface area contributed by atoms with E-state index in [9.17, 15) is 4.79 Å². The quantitative estimate of drug-likeness (QED) is 0.595. The number of carbonyl (C=O) groups is 1. The van der Waals surface area contributed by atoms with Gasteiger partial charge in [-0.2, -0.15) is 5.06 Å². The SMILES string of the molecule is CC(C)(C)OC(=O)N1OC2C=CC1CCC2. The lowest BCUT2D eigenvalue weighted by Crippen LogP contribution is -2.45. The van der Waals surface area contributed by atoms with Gasteiger partial charge in [0, 0.05) is 0 Å². The van der Waals surface area contributed by atoms with Gasteiger partial charge in [0.2, 0.25) is 0 Å². The topological polar surface area (TPSA) is 38.8 Å². The lowest BCUT2D eigenvalue weighted by Gasteiger charge is -2.33. The number of rotatable bonds is 0. The molecule has 1 fully saturated rings. The molecule has 1 aliphatic carbocycles. The summed E-state index contributed by atoms with van der Waals surface area (Å²) >= 11 is 0. The predicted molar refractivity (Wildman–Crippen MR) is 59.7 cm³/mol. The van der Waals surface area contributed by atoms with E-state index < -0.39 is 5.60 Å². The van der Waals surface area contributed by atoms with E-state index in [0.29, 0.717) is 0 Å². The fraction of sp³-hybridized carbons (Fsp3) is 0.750. The molecule has 3 aliphatic rings. The van der Waals surface area contributed by atoms with Gasteiger partial charge in [-0.25, -0.2) is 4.79 Å². The highest BCUT2D eigenvalue weighted by atomic mass is 16.7. The van der Waals surface area contributed by atoms with E-state index in [0.717, 1.165) is 19.3 Å². The van der Waals surface area contributed by atoms with Crippen LogP contribution in [0.2, 0.25) is 0 Å². The average molecular weight is 225 g/mol. The first-order chi connectivity index (χ1) is 7.46. The minimum absolute atomic E-state index is 0.0336. The second kappa shape index (κ2) is 4.09. The van der Waals surface area contributed by atoms with E-state index in [4.69, 9.17) is 9.57 Å². The standard InChI is InChI=1S/C12H19NO3/c1-12(2,3)15-11(14)13-9-5-4-6-10(16-13)8-7-9/h7-10H,4-6H2,1-3H3. The molecule has 4 heteroatoms. The molecule has 0 saturated carbocycles. The number of nitrogens with zero attached hydrogens (tertiary/aromatic N) is 1. The first kappa shape index (κ1) is 11.5. The lowest BCUT2D eigenvalue weighted by atomic mass is 10.1. The maximum atomic E-state index is 11.9. The Balaban J connectivity index is 2.05. The van der Waals surface area contributed by atoms with Crippen LogP contribution in [-0.4, -0.2) is 28.9 Å². The Bertz CT molecular complexity index is 306. The molecule has 2 aliphatic heterocycles. The third-order valence-electron chi connectivity index (χ3n) is 2.66. The number of hydroxylamine groups is 2. The van der Waals surface area contributed by atoms with Crippen molar-refractivity contribution >= 4 is 6.09 Å². The minimum atomic E-state index is -0.476. The Kier molecular flexibility index (Phi) is 2.93. The Hall–Kier alpha value is -1.03. The molecule has 2 heterocycles. The molecule has 2 bridgehead atoms. The summed E-state index contributed by atoms with van der Waals surface area (Å²) in [5, 5.41) is 1.39. The summed E-state index contributed by atoms with van der Waals surface area (Å²) in [6.07, 6.45) is 6.75. The first-order valence-electron chi connectivity index (χ1n) is 5.83. The van der Waals surface area contributed by atoms with Crippen LogP contribution in [0.4, 0.5) is 4.79 Å². The van der Waals surface area contributed by atoms with Crippen LogP contribution in [0.1, 0.15) is 40.0 Å². The molecule has 2 unspecified atom stereocenters. The molecule has 4 nitrogen and oxygen atoms in total. The van der Waals surface area contributed by atoms with E-state index in [-0.39, 0.29) is 18.2 Å². The highest BCUT2D eigenvalue weighted by Gasteiger charge is 2.34. The molecule has 0 aromatic carbocycles. The summed E-state index contributed by atoms with van der Waals surface area (Å²) in [4.78, 5) is 17.5. The number of hydrogen-bond donors (Lipinski definition) is 0. The summed E-state index contributed by atoms with van der Waals surface area (Å²) in [7, 11) is 0. The number of ether oxygens (including phenoxy) is 1. The maximum absolute atomic E-state index is 11.9. The van der Waals surface area contributed by atoms with Crippen LogP contribution in [0.15, 0.2) is 12.2 Å². The fourth-order valence-electron chi connectivity index (χ4n) is 1.97.